The fourth-order valence-electron chi connectivity index (χ4n) is 5.75. The second kappa shape index (κ2) is 11.7. The van der Waals surface area contributed by atoms with Gasteiger partial charge in [-0.05, 0) is 74.9 Å². The number of morpholine rings is 1. The Morgan fingerprint density at radius 1 is 0.974 bits per heavy atom. The van der Waals surface area contributed by atoms with Crippen LogP contribution in [-0.4, -0.2) is 60.2 Å². The molecule has 1 N–H and O–H groups in total. The summed E-state index contributed by atoms with van der Waals surface area (Å²) in [6.45, 7) is 13.0. The van der Waals surface area contributed by atoms with E-state index >= 15 is 0 Å². The van der Waals surface area contributed by atoms with Crippen LogP contribution in [0.25, 0.3) is 11.1 Å². The lowest BCUT2D eigenvalue weighted by molar-refractivity contribution is -0.00546. The van der Waals surface area contributed by atoms with Gasteiger partial charge >= 0.3 is 0 Å². The third-order valence-corrected chi connectivity index (χ3v) is 7.82. The van der Waals surface area contributed by atoms with Gasteiger partial charge in [0, 0.05) is 50.5 Å². The van der Waals surface area contributed by atoms with Gasteiger partial charge in [0.1, 0.15) is 5.82 Å². The third kappa shape index (κ3) is 6.25. The molecule has 0 aliphatic carbocycles. The van der Waals surface area contributed by atoms with Gasteiger partial charge in [0.2, 0.25) is 0 Å². The Morgan fingerprint density at radius 2 is 1.68 bits per heavy atom. The van der Waals surface area contributed by atoms with Gasteiger partial charge < -0.3 is 15.0 Å². The zero-order chi connectivity index (χ0) is 26.6. The van der Waals surface area contributed by atoms with Gasteiger partial charge in [0.05, 0.1) is 12.2 Å². The van der Waals surface area contributed by atoms with E-state index in [0.29, 0.717) is 0 Å². The monoisotopic (exact) mass is 512 g/mol. The lowest BCUT2D eigenvalue weighted by atomic mass is 9.95. The van der Waals surface area contributed by atoms with Crippen LogP contribution in [0.4, 0.5) is 5.82 Å². The number of rotatable bonds is 6. The van der Waals surface area contributed by atoms with Gasteiger partial charge in [-0.3, -0.25) is 9.69 Å². The zero-order valence-corrected chi connectivity index (χ0v) is 23.1. The number of carbonyl (C=O) groups is 1. The SMILES string of the molecule is Cc1ccc(-c2cccc(C(=O)NC3CCN(Cc4ccc(N5CC(C)OC(C)C5)nc4)CC3)c2C)cc1. The maximum absolute atomic E-state index is 13.2. The molecule has 0 radical (unpaired) electrons. The molecule has 0 bridgehead atoms. The van der Waals surface area contributed by atoms with Crippen LogP contribution in [0.3, 0.4) is 0 Å². The Bertz CT molecular complexity index is 1220. The number of likely N-dealkylation sites (tertiary alicyclic amines) is 1. The molecule has 2 fully saturated rings. The van der Waals surface area contributed by atoms with Crippen LogP contribution >= 0.6 is 0 Å². The molecule has 38 heavy (non-hydrogen) atoms. The number of anilines is 1. The predicted molar refractivity (Wildman–Crippen MR) is 154 cm³/mol. The smallest absolute Gasteiger partial charge is 0.251 e. The molecule has 3 heterocycles. The van der Waals surface area contributed by atoms with Crippen molar-refractivity contribution in [2.45, 2.75) is 65.3 Å². The van der Waals surface area contributed by atoms with E-state index in [0.717, 1.165) is 73.6 Å². The summed E-state index contributed by atoms with van der Waals surface area (Å²) in [5, 5.41) is 3.31. The number of ether oxygens (including phenoxy) is 1. The number of pyridine rings is 1. The van der Waals surface area contributed by atoms with Crippen LogP contribution < -0.4 is 10.2 Å². The number of benzene rings is 2. The largest absolute Gasteiger partial charge is 0.372 e. The molecule has 5 rings (SSSR count). The first-order valence-corrected chi connectivity index (χ1v) is 13.9. The van der Waals surface area contributed by atoms with Crippen molar-refractivity contribution >= 4 is 11.7 Å². The number of hydrogen-bond acceptors (Lipinski definition) is 5. The molecule has 0 spiro atoms. The van der Waals surface area contributed by atoms with Gasteiger partial charge in [-0.2, -0.15) is 0 Å². The lowest BCUT2D eigenvalue weighted by Crippen LogP contribution is -2.45. The van der Waals surface area contributed by atoms with E-state index in [-0.39, 0.29) is 24.2 Å². The van der Waals surface area contributed by atoms with Gasteiger partial charge in [0.25, 0.3) is 5.91 Å². The third-order valence-electron chi connectivity index (χ3n) is 7.82. The van der Waals surface area contributed by atoms with Crippen molar-refractivity contribution in [1.29, 1.82) is 0 Å². The fraction of sp³-hybridized carbons (Fsp3) is 0.438. The first kappa shape index (κ1) is 26.4. The Morgan fingerprint density at radius 3 is 2.34 bits per heavy atom. The highest BCUT2D eigenvalue weighted by Gasteiger charge is 2.24. The van der Waals surface area contributed by atoms with E-state index in [4.69, 9.17) is 9.72 Å². The molecule has 2 aliphatic rings. The molecule has 2 aliphatic heterocycles. The minimum Gasteiger partial charge on any atom is -0.372 e. The average Bonchev–Trinajstić information content (AvgIpc) is 2.90. The van der Waals surface area contributed by atoms with Gasteiger partial charge in [-0.1, -0.05) is 48.0 Å². The second-order valence-electron chi connectivity index (χ2n) is 11.1. The van der Waals surface area contributed by atoms with Crippen molar-refractivity contribution in [3.8, 4) is 11.1 Å². The van der Waals surface area contributed by atoms with Crippen molar-refractivity contribution in [2.75, 3.05) is 31.1 Å². The maximum atomic E-state index is 13.2. The highest BCUT2D eigenvalue weighted by molar-refractivity contribution is 5.97. The quantitative estimate of drug-likeness (QED) is 0.481. The summed E-state index contributed by atoms with van der Waals surface area (Å²) in [4.78, 5) is 22.7. The molecule has 2 atom stereocenters. The highest BCUT2D eigenvalue weighted by Crippen LogP contribution is 2.26. The number of nitrogens with zero attached hydrogens (tertiary/aromatic N) is 3. The van der Waals surface area contributed by atoms with E-state index in [1.165, 1.54) is 11.1 Å². The summed E-state index contributed by atoms with van der Waals surface area (Å²) in [6.07, 6.45) is 4.37. The van der Waals surface area contributed by atoms with Gasteiger partial charge in [0.15, 0.2) is 0 Å². The Hall–Kier alpha value is -3.22. The van der Waals surface area contributed by atoms with Crippen molar-refractivity contribution in [3.05, 3.63) is 83.0 Å². The molecule has 6 heteroatoms. The van der Waals surface area contributed by atoms with E-state index in [2.05, 4.69) is 78.4 Å². The molecule has 2 unspecified atom stereocenters. The molecular formula is C32H40N4O2. The predicted octanol–water partition coefficient (Wildman–Crippen LogP) is 5.37. The van der Waals surface area contributed by atoms with E-state index < -0.39 is 0 Å². The van der Waals surface area contributed by atoms with Crippen LogP contribution in [0, 0.1) is 13.8 Å². The molecule has 2 saturated heterocycles. The molecule has 200 valence electrons. The van der Waals surface area contributed by atoms with Crippen molar-refractivity contribution in [1.82, 2.24) is 15.2 Å². The van der Waals surface area contributed by atoms with Gasteiger partial charge in [-0.15, -0.1) is 0 Å². The normalized spacial score (nSPS) is 20.9. The van der Waals surface area contributed by atoms with Crippen molar-refractivity contribution in [2.24, 2.45) is 0 Å². The Kier molecular flexibility index (Phi) is 8.10. The topological polar surface area (TPSA) is 57.7 Å². The molecule has 1 amide bonds. The molecule has 2 aromatic carbocycles. The standard InChI is InChI=1S/C32H40N4O2/c1-22-8-11-27(12-9-22)29-6-5-7-30(25(29)4)32(37)34-28-14-16-35(17-15-28)21-26-10-13-31(33-18-26)36-19-23(2)38-24(3)20-36/h5-13,18,23-24,28H,14-17,19-21H2,1-4H3,(H,34,37). The van der Waals surface area contributed by atoms with Crippen molar-refractivity contribution < 1.29 is 9.53 Å². The maximum Gasteiger partial charge on any atom is 0.251 e. The lowest BCUT2D eigenvalue weighted by Gasteiger charge is -2.36. The van der Waals surface area contributed by atoms with Crippen molar-refractivity contribution in [3.63, 3.8) is 0 Å². The molecule has 0 saturated carbocycles. The summed E-state index contributed by atoms with van der Waals surface area (Å²) in [6, 6.07) is 19.0. The molecular weight excluding hydrogens is 472 g/mol. The summed E-state index contributed by atoms with van der Waals surface area (Å²) in [5.41, 5.74) is 6.52. The minimum absolute atomic E-state index is 0.0291. The number of carbonyl (C=O) groups excluding carboxylic acids is 1. The number of nitrogens with one attached hydrogen (secondary N) is 1. The second-order valence-corrected chi connectivity index (χ2v) is 11.1. The molecule has 3 aromatic rings. The van der Waals surface area contributed by atoms with Crippen LogP contribution in [-0.2, 0) is 11.3 Å². The number of hydrogen-bond donors (Lipinski definition) is 1. The summed E-state index contributed by atoms with van der Waals surface area (Å²) < 4.78 is 5.85. The zero-order valence-electron chi connectivity index (χ0n) is 23.1. The number of aryl methyl sites for hydroxylation is 1. The summed E-state index contributed by atoms with van der Waals surface area (Å²) in [7, 11) is 0. The van der Waals surface area contributed by atoms with Crippen LogP contribution in [0.5, 0.6) is 0 Å². The van der Waals surface area contributed by atoms with Crippen LogP contribution in [0.2, 0.25) is 0 Å². The van der Waals surface area contributed by atoms with Crippen LogP contribution in [0.15, 0.2) is 60.8 Å². The number of piperidine rings is 1. The van der Waals surface area contributed by atoms with E-state index in [9.17, 15) is 4.79 Å². The molecule has 1 aromatic heterocycles. The Labute approximate surface area is 227 Å². The first-order chi connectivity index (χ1) is 18.4. The minimum atomic E-state index is 0.0291. The highest BCUT2D eigenvalue weighted by atomic mass is 16.5. The summed E-state index contributed by atoms with van der Waals surface area (Å²) in [5.74, 6) is 1.06. The van der Waals surface area contributed by atoms with Gasteiger partial charge in [-0.25, -0.2) is 4.98 Å². The summed E-state index contributed by atoms with van der Waals surface area (Å²) >= 11 is 0. The fourth-order valence-corrected chi connectivity index (χ4v) is 5.75. The van der Waals surface area contributed by atoms with E-state index in [1.807, 2.05) is 25.3 Å². The Balaban J connectivity index is 1.13. The number of amides is 1. The first-order valence-electron chi connectivity index (χ1n) is 13.9. The average molecular weight is 513 g/mol. The van der Waals surface area contributed by atoms with Crippen LogP contribution in [0.1, 0.15) is 53.7 Å². The molecule has 6 nitrogen and oxygen atoms in total. The van der Waals surface area contributed by atoms with E-state index in [1.54, 1.807) is 0 Å². The number of aromatic nitrogens is 1.